The molecule has 1 aromatic carbocycles. The van der Waals surface area contributed by atoms with Gasteiger partial charge in [0.1, 0.15) is 6.17 Å². The van der Waals surface area contributed by atoms with Crippen molar-refractivity contribution in [3.05, 3.63) is 51.5 Å². The summed E-state index contributed by atoms with van der Waals surface area (Å²) in [5.41, 5.74) is 4.99. The molecule has 2 atom stereocenters. The molecule has 3 rings (SSSR count). The predicted molar refractivity (Wildman–Crippen MR) is 108 cm³/mol. The molecule has 0 N–H and O–H groups in total. The lowest BCUT2D eigenvalue weighted by Crippen LogP contribution is -2.49. The summed E-state index contributed by atoms with van der Waals surface area (Å²) in [6, 6.07) is 6.52. The first-order valence-electron chi connectivity index (χ1n) is 8.85. The Hall–Kier alpha value is -1.55. The molecule has 0 aromatic heterocycles. The quantitative estimate of drug-likeness (QED) is 0.660. The summed E-state index contributed by atoms with van der Waals surface area (Å²) in [5.74, 6) is 0.239. The zero-order valence-corrected chi connectivity index (χ0v) is 17.4. The second-order valence-electron chi connectivity index (χ2n) is 7.79. The van der Waals surface area contributed by atoms with Crippen molar-refractivity contribution < 1.29 is 4.79 Å². The first-order valence-corrected chi connectivity index (χ1v) is 9.64. The summed E-state index contributed by atoms with van der Waals surface area (Å²) in [7, 11) is 1.95. The first-order chi connectivity index (χ1) is 11.8. The molecule has 25 heavy (non-hydrogen) atoms. The monoisotopic (exact) mass is 402 g/mol. The molecule has 0 radical (unpaired) electrons. The second-order valence-corrected chi connectivity index (χ2v) is 8.71. The second kappa shape index (κ2) is 6.64. The number of amides is 1. The third-order valence-electron chi connectivity index (χ3n) is 5.39. The fourth-order valence-electron chi connectivity index (χ4n) is 4.18. The standard InChI is InChI=1S/C21H27BrN2O/c1-14(2)8-10-21-13-19(25)23(5)20(21)24(11-9-15(3)4)18-12-16(22)6-7-17(18)21/h6-9,12,20H,10-11,13H2,1-5H3. The van der Waals surface area contributed by atoms with Crippen molar-refractivity contribution in [1.29, 1.82) is 0 Å². The van der Waals surface area contributed by atoms with Gasteiger partial charge < -0.3 is 9.80 Å². The number of rotatable bonds is 4. The zero-order valence-electron chi connectivity index (χ0n) is 15.8. The number of hydrogen-bond donors (Lipinski definition) is 0. The summed E-state index contributed by atoms with van der Waals surface area (Å²) >= 11 is 3.62. The number of benzene rings is 1. The fraction of sp³-hybridized carbons (Fsp3) is 0.476. The highest BCUT2D eigenvalue weighted by atomic mass is 79.9. The molecule has 1 saturated heterocycles. The number of anilines is 1. The van der Waals surface area contributed by atoms with Crippen LogP contribution in [0.5, 0.6) is 0 Å². The van der Waals surface area contributed by atoms with E-state index in [1.165, 1.54) is 22.4 Å². The van der Waals surface area contributed by atoms with E-state index in [0.717, 1.165) is 17.4 Å². The molecule has 2 unspecified atom stereocenters. The van der Waals surface area contributed by atoms with Crippen LogP contribution in [-0.4, -0.2) is 30.6 Å². The van der Waals surface area contributed by atoms with Crippen LogP contribution < -0.4 is 4.90 Å². The SMILES string of the molecule is CC(C)=CCN1c2cc(Br)ccc2C2(CC=C(C)C)CC(=O)N(C)C12. The van der Waals surface area contributed by atoms with Gasteiger partial charge in [-0.1, -0.05) is 45.3 Å². The maximum Gasteiger partial charge on any atom is 0.225 e. The van der Waals surface area contributed by atoms with E-state index in [1.807, 2.05) is 11.9 Å². The van der Waals surface area contributed by atoms with Crippen LogP contribution in [0.4, 0.5) is 5.69 Å². The molecule has 0 saturated carbocycles. The molecule has 1 amide bonds. The maximum atomic E-state index is 12.7. The van der Waals surface area contributed by atoms with Gasteiger partial charge in [-0.3, -0.25) is 4.79 Å². The highest BCUT2D eigenvalue weighted by Crippen LogP contribution is 2.54. The molecular formula is C21H27BrN2O. The summed E-state index contributed by atoms with van der Waals surface area (Å²) < 4.78 is 1.08. The van der Waals surface area contributed by atoms with Crippen LogP contribution in [0, 0.1) is 0 Å². The van der Waals surface area contributed by atoms with Crippen molar-refractivity contribution in [3.8, 4) is 0 Å². The van der Waals surface area contributed by atoms with Gasteiger partial charge in [0.15, 0.2) is 0 Å². The average Bonchev–Trinajstić information content (AvgIpc) is 2.93. The maximum absolute atomic E-state index is 12.7. The Kier molecular flexibility index (Phi) is 4.84. The Balaban J connectivity index is 2.16. The lowest BCUT2D eigenvalue weighted by atomic mass is 9.76. The Morgan fingerprint density at radius 3 is 2.56 bits per heavy atom. The lowest BCUT2D eigenvalue weighted by molar-refractivity contribution is -0.127. The first kappa shape index (κ1) is 18.2. The molecule has 2 aliphatic heterocycles. The van der Waals surface area contributed by atoms with Gasteiger partial charge in [-0.25, -0.2) is 0 Å². The Bertz CT molecular complexity index is 759. The predicted octanol–water partition coefficient (Wildman–Crippen LogP) is 5.02. The van der Waals surface area contributed by atoms with Crippen molar-refractivity contribution in [2.24, 2.45) is 0 Å². The van der Waals surface area contributed by atoms with E-state index in [9.17, 15) is 4.79 Å². The molecule has 0 aliphatic carbocycles. The molecule has 1 aromatic rings. The molecule has 1 fully saturated rings. The van der Waals surface area contributed by atoms with Crippen LogP contribution in [0.2, 0.25) is 0 Å². The molecule has 4 heteroatoms. The van der Waals surface area contributed by atoms with Crippen molar-refractivity contribution in [3.63, 3.8) is 0 Å². The smallest absolute Gasteiger partial charge is 0.225 e. The molecule has 2 aliphatic rings. The van der Waals surface area contributed by atoms with Gasteiger partial charge in [0.25, 0.3) is 0 Å². The van der Waals surface area contributed by atoms with Crippen LogP contribution in [0.1, 0.15) is 46.1 Å². The highest BCUT2D eigenvalue weighted by Gasteiger charge is 2.58. The number of halogens is 1. The van der Waals surface area contributed by atoms with Crippen LogP contribution in [0.3, 0.4) is 0 Å². The summed E-state index contributed by atoms with van der Waals surface area (Å²) in [5, 5.41) is 0. The molecule has 3 nitrogen and oxygen atoms in total. The van der Waals surface area contributed by atoms with Crippen LogP contribution >= 0.6 is 15.9 Å². The van der Waals surface area contributed by atoms with Crippen molar-refractivity contribution >= 4 is 27.5 Å². The van der Waals surface area contributed by atoms with Gasteiger partial charge in [0.2, 0.25) is 5.91 Å². The van der Waals surface area contributed by atoms with Gasteiger partial charge in [0.05, 0.1) is 0 Å². The van der Waals surface area contributed by atoms with E-state index in [4.69, 9.17) is 0 Å². The van der Waals surface area contributed by atoms with Gasteiger partial charge in [-0.15, -0.1) is 0 Å². The van der Waals surface area contributed by atoms with Gasteiger partial charge in [0, 0.05) is 35.6 Å². The summed E-state index contributed by atoms with van der Waals surface area (Å²) in [4.78, 5) is 17.0. The van der Waals surface area contributed by atoms with Crippen LogP contribution in [0.15, 0.2) is 46.0 Å². The Labute approximate surface area is 159 Å². The van der Waals surface area contributed by atoms with Gasteiger partial charge in [-0.2, -0.15) is 0 Å². The number of likely N-dealkylation sites (tertiary alicyclic amines) is 1. The van der Waals surface area contributed by atoms with Crippen molar-refractivity contribution in [2.45, 2.75) is 52.1 Å². The number of hydrogen-bond acceptors (Lipinski definition) is 2. The minimum atomic E-state index is -0.158. The largest absolute Gasteiger partial charge is 0.346 e. The van der Waals surface area contributed by atoms with Crippen molar-refractivity contribution in [2.75, 3.05) is 18.5 Å². The summed E-state index contributed by atoms with van der Waals surface area (Å²) in [6.45, 7) is 9.33. The topological polar surface area (TPSA) is 23.6 Å². The number of allylic oxidation sites excluding steroid dienone is 3. The van der Waals surface area contributed by atoms with E-state index in [-0.39, 0.29) is 17.5 Å². The van der Waals surface area contributed by atoms with Crippen molar-refractivity contribution in [1.82, 2.24) is 4.90 Å². The zero-order chi connectivity index (χ0) is 18.4. The molecule has 134 valence electrons. The molecular weight excluding hydrogens is 376 g/mol. The minimum Gasteiger partial charge on any atom is -0.346 e. The van der Waals surface area contributed by atoms with Gasteiger partial charge in [-0.05, 0) is 51.8 Å². The van der Waals surface area contributed by atoms with Gasteiger partial charge >= 0.3 is 0 Å². The van der Waals surface area contributed by atoms with E-state index in [0.29, 0.717) is 6.42 Å². The fourth-order valence-corrected chi connectivity index (χ4v) is 4.53. The van der Waals surface area contributed by atoms with E-state index >= 15 is 0 Å². The third-order valence-corrected chi connectivity index (χ3v) is 5.89. The average molecular weight is 403 g/mol. The Morgan fingerprint density at radius 1 is 1.24 bits per heavy atom. The summed E-state index contributed by atoms with van der Waals surface area (Å²) in [6.07, 6.45) is 6.09. The lowest BCUT2D eigenvalue weighted by Gasteiger charge is -2.36. The normalized spacial score (nSPS) is 24.2. The number of carbonyl (C=O) groups is 1. The third kappa shape index (κ3) is 3.05. The molecule has 2 heterocycles. The van der Waals surface area contributed by atoms with E-state index < -0.39 is 0 Å². The molecule has 0 spiro atoms. The van der Waals surface area contributed by atoms with Crippen LogP contribution in [0.25, 0.3) is 0 Å². The van der Waals surface area contributed by atoms with E-state index in [2.05, 4.69) is 78.9 Å². The number of fused-ring (bicyclic) bond motifs is 3. The molecule has 0 bridgehead atoms. The van der Waals surface area contributed by atoms with Crippen LogP contribution in [-0.2, 0) is 10.2 Å². The highest BCUT2D eigenvalue weighted by molar-refractivity contribution is 9.10. The minimum absolute atomic E-state index is 0.0792. The number of nitrogens with zero attached hydrogens (tertiary/aromatic N) is 2. The van der Waals surface area contributed by atoms with E-state index in [1.54, 1.807) is 0 Å². The Morgan fingerprint density at radius 2 is 1.92 bits per heavy atom. The number of likely N-dealkylation sites (N-methyl/N-ethyl adjacent to an activating group) is 1. The number of carbonyl (C=O) groups excluding carboxylic acids is 1.